The molecule has 0 radical (unpaired) electrons. The molecule has 0 aliphatic carbocycles. The van der Waals surface area contributed by atoms with Crippen LogP contribution in [-0.2, 0) is 0 Å². The van der Waals surface area contributed by atoms with Gasteiger partial charge in [0.05, 0.1) is 0 Å². The summed E-state index contributed by atoms with van der Waals surface area (Å²) in [6, 6.07) is 8.33. The Bertz CT molecular complexity index is 727. The summed E-state index contributed by atoms with van der Waals surface area (Å²) in [5.74, 6) is 0.335. The van der Waals surface area contributed by atoms with Crippen LogP contribution >= 0.6 is 0 Å². The Morgan fingerprint density at radius 3 is 2.36 bits per heavy atom. The summed E-state index contributed by atoms with van der Waals surface area (Å²) in [6.07, 6.45) is 1.43. The van der Waals surface area contributed by atoms with Gasteiger partial charge in [0, 0.05) is 44.0 Å². The van der Waals surface area contributed by atoms with Crippen molar-refractivity contribution in [1.29, 1.82) is 0 Å². The number of nitrogens with zero attached hydrogens (tertiary/aromatic N) is 4. The van der Waals surface area contributed by atoms with Crippen molar-refractivity contribution in [3.8, 4) is 0 Å². The fourth-order valence-corrected chi connectivity index (χ4v) is 2.83. The van der Waals surface area contributed by atoms with Crippen molar-refractivity contribution in [2.45, 2.75) is 19.9 Å². The molecule has 7 heteroatoms. The zero-order valence-electron chi connectivity index (χ0n) is 14.4. The van der Waals surface area contributed by atoms with E-state index in [1.54, 1.807) is 18.2 Å². The van der Waals surface area contributed by atoms with Crippen molar-refractivity contribution in [3.05, 3.63) is 48.2 Å². The Kier molecular flexibility index (Phi) is 5.11. The summed E-state index contributed by atoms with van der Waals surface area (Å²) >= 11 is 0. The third kappa shape index (κ3) is 4.23. The van der Waals surface area contributed by atoms with Crippen LogP contribution in [0, 0.1) is 5.82 Å². The van der Waals surface area contributed by atoms with Gasteiger partial charge in [0.2, 0.25) is 0 Å². The second-order valence-corrected chi connectivity index (χ2v) is 6.34. The van der Waals surface area contributed by atoms with Crippen LogP contribution in [0.2, 0.25) is 0 Å². The average molecular weight is 343 g/mol. The summed E-state index contributed by atoms with van der Waals surface area (Å²) in [4.78, 5) is 24.8. The van der Waals surface area contributed by atoms with Crippen LogP contribution in [0.25, 0.3) is 0 Å². The second kappa shape index (κ2) is 7.46. The Morgan fingerprint density at radius 2 is 1.72 bits per heavy atom. The molecule has 132 valence electrons. The molecular weight excluding hydrogens is 321 g/mol. The first-order valence-corrected chi connectivity index (χ1v) is 8.41. The van der Waals surface area contributed by atoms with Crippen LogP contribution in [0.3, 0.4) is 0 Å². The maximum atomic E-state index is 13.0. The number of piperazine rings is 1. The first kappa shape index (κ1) is 17.1. The summed E-state index contributed by atoms with van der Waals surface area (Å²) in [7, 11) is 0. The Balaban J connectivity index is 1.64. The first-order valence-electron chi connectivity index (χ1n) is 8.41. The van der Waals surface area contributed by atoms with E-state index < -0.39 is 0 Å². The normalized spacial score (nSPS) is 14.7. The number of nitrogens with one attached hydrogen (secondary N) is 1. The quantitative estimate of drug-likeness (QED) is 0.921. The third-order valence-electron chi connectivity index (χ3n) is 4.10. The highest BCUT2D eigenvalue weighted by Gasteiger charge is 2.20. The van der Waals surface area contributed by atoms with E-state index in [1.807, 2.05) is 13.8 Å². The summed E-state index contributed by atoms with van der Waals surface area (Å²) in [6.45, 7) is 6.99. The van der Waals surface area contributed by atoms with Crippen molar-refractivity contribution in [2.75, 3.05) is 36.0 Å². The minimum atomic E-state index is -0.226. The largest absolute Gasteiger partial charge is 0.368 e. The molecule has 6 nitrogen and oxygen atoms in total. The molecule has 0 saturated carbocycles. The van der Waals surface area contributed by atoms with Crippen LogP contribution in [0.5, 0.6) is 0 Å². The van der Waals surface area contributed by atoms with Crippen LogP contribution in [0.4, 0.5) is 15.9 Å². The molecule has 0 spiro atoms. The van der Waals surface area contributed by atoms with Gasteiger partial charge in [0.1, 0.15) is 23.7 Å². The number of halogens is 1. The zero-order valence-corrected chi connectivity index (χ0v) is 14.4. The van der Waals surface area contributed by atoms with E-state index in [9.17, 15) is 9.18 Å². The van der Waals surface area contributed by atoms with E-state index in [1.165, 1.54) is 18.5 Å². The zero-order chi connectivity index (χ0) is 17.8. The lowest BCUT2D eigenvalue weighted by molar-refractivity contribution is 0.0938. The Morgan fingerprint density at radius 1 is 1.08 bits per heavy atom. The summed E-state index contributed by atoms with van der Waals surface area (Å²) < 4.78 is 13.0. The molecule has 3 rings (SSSR count). The molecule has 1 N–H and O–H groups in total. The molecule has 1 aliphatic heterocycles. The predicted octanol–water partition coefficient (Wildman–Crippen LogP) is 2.08. The molecule has 0 atom stereocenters. The topological polar surface area (TPSA) is 61.4 Å². The molecule has 25 heavy (non-hydrogen) atoms. The second-order valence-electron chi connectivity index (χ2n) is 6.34. The van der Waals surface area contributed by atoms with Gasteiger partial charge in [-0.25, -0.2) is 14.4 Å². The van der Waals surface area contributed by atoms with Gasteiger partial charge >= 0.3 is 0 Å². The van der Waals surface area contributed by atoms with Gasteiger partial charge < -0.3 is 15.1 Å². The molecule has 1 amide bonds. The van der Waals surface area contributed by atoms with Crippen molar-refractivity contribution >= 4 is 17.4 Å². The highest BCUT2D eigenvalue weighted by molar-refractivity contribution is 5.93. The highest BCUT2D eigenvalue weighted by Crippen LogP contribution is 2.19. The number of hydrogen-bond donors (Lipinski definition) is 1. The lowest BCUT2D eigenvalue weighted by Crippen LogP contribution is -2.47. The number of carbonyl (C=O) groups is 1. The van der Waals surface area contributed by atoms with Crippen molar-refractivity contribution in [1.82, 2.24) is 15.3 Å². The van der Waals surface area contributed by atoms with Gasteiger partial charge in [-0.15, -0.1) is 0 Å². The van der Waals surface area contributed by atoms with Crippen LogP contribution in [-0.4, -0.2) is 48.1 Å². The number of carbonyl (C=O) groups excluding carboxylic acids is 1. The maximum absolute atomic E-state index is 13.0. The van der Waals surface area contributed by atoms with E-state index in [2.05, 4.69) is 25.1 Å². The van der Waals surface area contributed by atoms with Crippen LogP contribution in [0.1, 0.15) is 24.3 Å². The smallest absolute Gasteiger partial charge is 0.270 e. The number of hydrogen-bond acceptors (Lipinski definition) is 5. The van der Waals surface area contributed by atoms with Crippen LogP contribution in [0.15, 0.2) is 36.7 Å². The van der Waals surface area contributed by atoms with Crippen molar-refractivity contribution in [2.24, 2.45) is 0 Å². The van der Waals surface area contributed by atoms with Crippen LogP contribution < -0.4 is 15.1 Å². The molecule has 1 aromatic carbocycles. The Hall–Kier alpha value is -2.70. The minimum absolute atomic E-state index is 0.0603. The van der Waals surface area contributed by atoms with Crippen molar-refractivity contribution in [3.63, 3.8) is 0 Å². The number of amides is 1. The molecule has 1 aromatic heterocycles. The first-order chi connectivity index (χ1) is 12.0. The SMILES string of the molecule is CC(C)NC(=O)c1cc(N2CCN(c3ccc(F)cc3)CC2)ncn1. The van der Waals surface area contributed by atoms with E-state index in [4.69, 9.17) is 0 Å². The fourth-order valence-electron chi connectivity index (χ4n) is 2.83. The Labute approximate surface area is 146 Å². The van der Waals surface area contributed by atoms with E-state index in [0.717, 1.165) is 37.7 Å². The monoisotopic (exact) mass is 343 g/mol. The molecule has 2 aromatic rings. The van der Waals surface area contributed by atoms with Gasteiger partial charge in [0.15, 0.2) is 0 Å². The molecule has 0 bridgehead atoms. The molecular formula is C18H22FN5O. The molecule has 1 saturated heterocycles. The molecule has 0 unspecified atom stereocenters. The molecule has 2 heterocycles. The number of benzene rings is 1. The third-order valence-corrected chi connectivity index (χ3v) is 4.10. The maximum Gasteiger partial charge on any atom is 0.270 e. The lowest BCUT2D eigenvalue weighted by Gasteiger charge is -2.36. The number of rotatable bonds is 4. The van der Waals surface area contributed by atoms with Gasteiger partial charge in [0.25, 0.3) is 5.91 Å². The fraction of sp³-hybridized carbons (Fsp3) is 0.389. The molecule has 1 aliphatic rings. The van der Waals surface area contributed by atoms with Crippen molar-refractivity contribution < 1.29 is 9.18 Å². The molecule has 1 fully saturated rings. The van der Waals surface area contributed by atoms with Gasteiger partial charge in [-0.1, -0.05) is 0 Å². The lowest BCUT2D eigenvalue weighted by atomic mass is 10.2. The standard InChI is InChI=1S/C18H22FN5O/c1-13(2)22-18(25)16-11-17(21-12-20-16)24-9-7-23(8-10-24)15-5-3-14(19)4-6-15/h3-6,11-13H,7-10H2,1-2H3,(H,22,25). The van der Waals surface area contributed by atoms with Gasteiger partial charge in [-0.3, -0.25) is 4.79 Å². The van der Waals surface area contributed by atoms with Gasteiger partial charge in [-0.2, -0.15) is 0 Å². The van der Waals surface area contributed by atoms with Gasteiger partial charge in [-0.05, 0) is 38.1 Å². The van der Waals surface area contributed by atoms with E-state index >= 15 is 0 Å². The van der Waals surface area contributed by atoms with E-state index in [-0.39, 0.29) is 17.8 Å². The number of aromatic nitrogens is 2. The number of anilines is 2. The average Bonchev–Trinajstić information content (AvgIpc) is 2.62. The van der Waals surface area contributed by atoms with E-state index in [0.29, 0.717) is 5.69 Å². The minimum Gasteiger partial charge on any atom is -0.368 e. The summed E-state index contributed by atoms with van der Waals surface area (Å²) in [5.41, 5.74) is 1.39. The summed E-state index contributed by atoms with van der Waals surface area (Å²) in [5, 5.41) is 2.84. The predicted molar refractivity (Wildman–Crippen MR) is 95.5 cm³/mol. The highest BCUT2D eigenvalue weighted by atomic mass is 19.1.